The van der Waals surface area contributed by atoms with E-state index in [9.17, 15) is 9.90 Å². The highest BCUT2D eigenvalue weighted by Gasteiger charge is 2.20. The number of amides is 1. The fourth-order valence-electron chi connectivity index (χ4n) is 3.00. The molecule has 4 nitrogen and oxygen atoms in total. The van der Waals surface area contributed by atoms with E-state index >= 15 is 0 Å². The summed E-state index contributed by atoms with van der Waals surface area (Å²) < 4.78 is 0. The normalized spacial score (nSPS) is 16.2. The van der Waals surface area contributed by atoms with E-state index < -0.39 is 0 Å². The molecule has 1 amide bonds. The van der Waals surface area contributed by atoms with Gasteiger partial charge in [0.2, 0.25) is 5.91 Å². The van der Waals surface area contributed by atoms with E-state index in [0.717, 1.165) is 36.5 Å². The molecule has 0 aromatic heterocycles. The molecule has 0 saturated heterocycles. The monoisotopic (exact) mass is 296 g/mol. The second-order valence-corrected chi connectivity index (χ2v) is 5.79. The van der Waals surface area contributed by atoms with E-state index in [2.05, 4.69) is 10.5 Å². The van der Waals surface area contributed by atoms with Crippen molar-refractivity contribution in [3.63, 3.8) is 0 Å². The molecule has 22 heavy (non-hydrogen) atoms. The number of fused-ring (bicyclic) bond motifs is 1. The number of carbonyl (C=O) groups is 1. The number of hydrogen-bond donors (Lipinski definition) is 2. The Bertz CT molecular complexity index is 703. The molecule has 0 atom stereocenters. The third-order valence-electron chi connectivity index (χ3n) is 4.29. The van der Waals surface area contributed by atoms with E-state index in [0.29, 0.717) is 5.56 Å². The average molecular weight is 296 g/mol. The first-order chi connectivity index (χ1) is 10.8. The zero-order valence-corrected chi connectivity index (χ0v) is 12.5. The Balaban J connectivity index is 1.70. The second kappa shape index (κ2) is 6.60. The Labute approximate surface area is 129 Å². The number of hydrazone groups is 1. The molecule has 0 radical (unpaired) electrons. The first kappa shape index (κ1) is 14.6. The van der Waals surface area contributed by atoms with Crippen LogP contribution < -0.4 is 5.43 Å². The van der Waals surface area contributed by atoms with Crippen molar-refractivity contribution in [1.82, 2.24) is 5.43 Å². The maximum Gasteiger partial charge on any atom is 0.243 e. The highest BCUT2D eigenvalue weighted by Crippen LogP contribution is 2.27. The minimum absolute atomic E-state index is 0.0174. The Morgan fingerprint density at radius 1 is 1.14 bits per heavy atom. The Morgan fingerprint density at radius 3 is 2.73 bits per heavy atom. The largest absolute Gasteiger partial charge is 0.507 e. The van der Waals surface area contributed by atoms with Crippen molar-refractivity contribution in [3.8, 4) is 5.75 Å². The van der Waals surface area contributed by atoms with Crippen molar-refractivity contribution in [2.75, 3.05) is 0 Å². The SMILES string of the molecule is O=C(N/N=C/c1ccc2ccccc2c1O)C1CCCCC1. The van der Waals surface area contributed by atoms with Crippen LogP contribution in [0.1, 0.15) is 37.7 Å². The molecule has 2 aromatic rings. The van der Waals surface area contributed by atoms with Gasteiger partial charge in [-0.15, -0.1) is 0 Å². The molecule has 1 fully saturated rings. The number of rotatable bonds is 3. The predicted octanol–water partition coefficient (Wildman–Crippen LogP) is 3.58. The maximum atomic E-state index is 12.0. The van der Waals surface area contributed by atoms with Crippen LogP contribution in [0.5, 0.6) is 5.75 Å². The van der Waals surface area contributed by atoms with E-state index in [4.69, 9.17) is 0 Å². The van der Waals surface area contributed by atoms with Gasteiger partial charge in [-0.1, -0.05) is 49.6 Å². The van der Waals surface area contributed by atoms with Crippen molar-refractivity contribution in [2.24, 2.45) is 11.0 Å². The van der Waals surface area contributed by atoms with Crippen LogP contribution in [0.25, 0.3) is 10.8 Å². The topological polar surface area (TPSA) is 61.7 Å². The summed E-state index contributed by atoms with van der Waals surface area (Å²) in [6, 6.07) is 11.4. The summed E-state index contributed by atoms with van der Waals surface area (Å²) in [6.07, 6.45) is 6.85. The Kier molecular flexibility index (Phi) is 4.37. The molecule has 0 bridgehead atoms. The van der Waals surface area contributed by atoms with Gasteiger partial charge in [0.1, 0.15) is 5.75 Å². The lowest BCUT2D eigenvalue weighted by Crippen LogP contribution is -2.28. The van der Waals surface area contributed by atoms with Gasteiger partial charge in [-0.05, 0) is 24.3 Å². The zero-order valence-electron chi connectivity index (χ0n) is 12.5. The Morgan fingerprint density at radius 2 is 1.91 bits per heavy atom. The summed E-state index contributed by atoms with van der Waals surface area (Å²) in [7, 11) is 0. The van der Waals surface area contributed by atoms with Gasteiger partial charge < -0.3 is 5.11 Å². The number of nitrogens with zero attached hydrogens (tertiary/aromatic N) is 1. The molecule has 0 spiro atoms. The number of phenolic OH excluding ortho intramolecular Hbond substituents is 1. The highest BCUT2D eigenvalue weighted by atomic mass is 16.3. The summed E-state index contributed by atoms with van der Waals surface area (Å²) in [4.78, 5) is 12.0. The summed E-state index contributed by atoms with van der Waals surface area (Å²) in [6.45, 7) is 0. The number of hydrogen-bond acceptors (Lipinski definition) is 3. The summed E-state index contributed by atoms with van der Waals surface area (Å²) in [5, 5.41) is 16.0. The zero-order chi connectivity index (χ0) is 15.4. The molecule has 3 rings (SSSR count). The van der Waals surface area contributed by atoms with Gasteiger partial charge in [-0.2, -0.15) is 5.10 Å². The molecule has 1 saturated carbocycles. The number of phenols is 1. The van der Waals surface area contributed by atoms with Crippen LogP contribution in [0.3, 0.4) is 0 Å². The Hall–Kier alpha value is -2.36. The molecular formula is C18H20N2O2. The van der Waals surface area contributed by atoms with Gasteiger partial charge in [-0.25, -0.2) is 5.43 Å². The maximum absolute atomic E-state index is 12.0. The number of carbonyl (C=O) groups excluding carboxylic acids is 1. The van der Waals surface area contributed by atoms with Crippen molar-refractivity contribution < 1.29 is 9.90 Å². The van der Waals surface area contributed by atoms with Gasteiger partial charge in [0, 0.05) is 16.9 Å². The fourth-order valence-corrected chi connectivity index (χ4v) is 3.00. The molecule has 1 aliphatic rings. The minimum atomic E-state index is -0.0174. The van der Waals surface area contributed by atoms with E-state index in [-0.39, 0.29) is 17.6 Å². The van der Waals surface area contributed by atoms with Crippen LogP contribution in [-0.2, 0) is 4.79 Å². The lowest BCUT2D eigenvalue weighted by Gasteiger charge is -2.19. The molecule has 1 aliphatic carbocycles. The second-order valence-electron chi connectivity index (χ2n) is 5.79. The summed E-state index contributed by atoms with van der Waals surface area (Å²) in [5.74, 6) is 0.251. The molecular weight excluding hydrogens is 276 g/mol. The van der Waals surface area contributed by atoms with Crippen LogP contribution in [0.2, 0.25) is 0 Å². The van der Waals surface area contributed by atoms with E-state index in [1.807, 2.05) is 30.3 Å². The molecule has 4 heteroatoms. The van der Waals surface area contributed by atoms with Crippen molar-refractivity contribution in [2.45, 2.75) is 32.1 Å². The van der Waals surface area contributed by atoms with Crippen molar-refractivity contribution in [1.29, 1.82) is 0 Å². The van der Waals surface area contributed by atoms with E-state index in [1.165, 1.54) is 12.6 Å². The molecule has 0 aliphatic heterocycles. The van der Waals surface area contributed by atoms with Crippen LogP contribution in [0, 0.1) is 5.92 Å². The molecule has 2 N–H and O–H groups in total. The standard InChI is InChI=1S/C18H20N2O2/c21-17-15(11-10-13-6-4-5-9-16(13)17)12-19-20-18(22)14-7-2-1-3-8-14/h4-6,9-12,14,21H,1-3,7-8H2,(H,20,22)/b19-12+. The lowest BCUT2D eigenvalue weighted by molar-refractivity contribution is -0.125. The van der Waals surface area contributed by atoms with Crippen LogP contribution >= 0.6 is 0 Å². The number of nitrogens with one attached hydrogen (secondary N) is 1. The number of benzene rings is 2. The van der Waals surface area contributed by atoms with Gasteiger partial charge in [0.25, 0.3) is 0 Å². The van der Waals surface area contributed by atoms with Gasteiger partial charge in [0.05, 0.1) is 6.21 Å². The predicted molar refractivity (Wildman–Crippen MR) is 87.9 cm³/mol. The molecule has 0 heterocycles. The van der Waals surface area contributed by atoms with Gasteiger partial charge in [-0.3, -0.25) is 4.79 Å². The van der Waals surface area contributed by atoms with Crippen LogP contribution in [0.4, 0.5) is 0 Å². The van der Waals surface area contributed by atoms with Crippen molar-refractivity contribution in [3.05, 3.63) is 42.0 Å². The summed E-state index contributed by atoms with van der Waals surface area (Å²) >= 11 is 0. The smallest absolute Gasteiger partial charge is 0.243 e. The average Bonchev–Trinajstić information content (AvgIpc) is 2.58. The lowest BCUT2D eigenvalue weighted by atomic mass is 9.89. The van der Waals surface area contributed by atoms with Crippen LogP contribution in [0.15, 0.2) is 41.5 Å². The fraction of sp³-hybridized carbons (Fsp3) is 0.333. The summed E-state index contributed by atoms with van der Waals surface area (Å²) in [5.41, 5.74) is 3.20. The van der Waals surface area contributed by atoms with Crippen LogP contribution in [-0.4, -0.2) is 17.2 Å². The molecule has 2 aromatic carbocycles. The first-order valence-corrected chi connectivity index (χ1v) is 7.79. The third kappa shape index (κ3) is 3.11. The first-order valence-electron chi connectivity index (χ1n) is 7.79. The minimum Gasteiger partial charge on any atom is -0.507 e. The molecule has 114 valence electrons. The quantitative estimate of drug-likeness (QED) is 0.672. The van der Waals surface area contributed by atoms with E-state index in [1.54, 1.807) is 6.07 Å². The number of aromatic hydroxyl groups is 1. The third-order valence-corrected chi connectivity index (χ3v) is 4.29. The molecule has 0 unspecified atom stereocenters. The highest BCUT2D eigenvalue weighted by molar-refractivity contribution is 5.97. The van der Waals surface area contributed by atoms with Crippen molar-refractivity contribution >= 4 is 22.9 Å². The van der Waals surface area contributed by atoms with Gasteiger partial charge in [0.15, 0.2) is 0 Å². The van der Waals surface area contributed by atoms with Gasteiger partial charge >= 0.3 is 0 Å².